The highest BCUT2D eigenvalue weighted by Crippen LogP contribution is 2.24. The Kier molecular flexibility index (Phi) is 3.06. The molecule has 1 heterocycles. The maximum absolute atomic E-state index is 6.06. The number of nitrogens with one attached hydrogen (secondary N) is 1. The van der Waals surface area contributed by atoms with E-state index in [1.54, 1.807) is 0 Å². The molecule has 0 radical (unpaired) electrons. The fourth-order valence-electron chi connectivity index (χ4n) is 1.98. The van der Waals surface area contributed by atoms with Crippen molar-refractivity contribution in [2.75, 3.05) is 6.54 Å². The molecule has 0 bridgehead atoms. The van der Waals surface area contributed by atoms with E-state index in [1.165, 1.54) is 5.56 Å². The fraction of sp³-hybridized carbons (Fsp3) is 0.455. The first-order chi connectivity index (χ1) is 6.77. The quantitative estimate of drug-likeness (QED) is 0.745. The van der Waals surface area contributed by atoms with Crippen LogP contribution in [0.5, 0.6) is 0 Å². The van der Waals surface area contributed by atoms with Crippen molar-refractivity contribution < 1.29 is 0 Å². The monoisotopic (exact) mass is 210 g/mol. The van der Waals surface area contributed by atoms with Crippen LogP contribution in [0, 0.1) is 0 Å². The number of halogens is 1. The molecule has 14 heavy (non-hydrogen) atoms. The molecule has 0 amide bonds. The standard InChI is InChI=1S/C11H15ClN2/c12-9-4-1-3-8(7-9)11-10(13)5-2-6-14-11/h1,3-4,7,10-11,14H,2,5-6,13H2. The smallest absolute Gasteiger partial charge is 0.0474 e. The van der Waals surface area contributed by atoms with E-state index in [9.17, 15) is 0 Å². The maximum atomic E-state index is 6.06. The molecule has 0 spiro atoms. The van der Waals surface area contributed by atoms with Gasteiger partial charge >= 0.3 is 0 Å². The molecule has 1 fully saturated rings. The summed E-state index contributed by atoms with van der Waals surface area (Å²) in [5.41, 5.74) is 7.25. The number of piperidine rings is 1. The van der Waals surface area contributed by atoms with Gasteiger partial charge < -0.3 is 11.1 Å². The van der Waals surface area contributed by atoms with Gasteiger partial charge in [-0.1, -0.05) is 23.7 Å². The SMILES string of the molecule is NC1CCCNC1c1cccc(Cl)c1. The van der Waals surface area contributed by atoms with E-state index in [-0.39, 0.29) is 12.1 Å². The number of benzene rings is 1. The van der Waals surface area contributed by atoms with Crippen LogP contribution >= 0.6 is 11.6 Å². The second kappa shape index (κ2) is 4.30. The lowest BCUT2D eigenvalue weighted by molar-refractivity contribution is 0.358. The van der Waals surface area contributed by atoms with Crippen LogP contribution in [0.3, 0.4) is 0 Å². The highest BCUT2D eigenvalue weighted by molar-refractivity contribution is 6.30. The number of nitrogens with two attached hydrogens (primary N) is 1. The summed E-state index contributed by atoms with van der Waals surface area (Å²) in [5, 5.41) is 4.21. The van der Waals surface area contributed by atoms with Crippen LogP contribution in [-0.4, -0.2) is 12.6 Å². The zero-order valence-corrected chi connectivity index (χ0v) is 8.80. The molecular formula is C11H15ClN2. The summed E-state index contributed by atoms with van der Waals surface area (Å²) in [7, 11) is 0. The van der Waals surface area contributed by atoms with Crippen molar-refractivity contribution in [1.82, 2.24) is 5.32 Å². The Morgan fingerprint density at radius 3 is 3.00 bits per heavy atom. The van der Waals surface area contributed by atoms with Crippen molar-refractivity contribution in [3.63, 3.8) is 0 Å². The summed E-state index contributed by atoms with van der Waals surface area (Å²) in [6, 6.07) is 8.41. The first-order valence-electron chi connectivity index (χ1n) is 5.02. The van der Waals surface area contributed by atoms with Crippen LogP contribution in [0.1, 0.15) is 24.4 Å². The highest BCUT2D eigenvalue weighted by Gasteiger charge is 2.22. The van der Waals surface area contributed by atoms with Crippen molar-refractivity contribution >= 4 is 11.6 Å². The van der Waals surface area contributed by atoms with Crippen LogP contribution in [0.25, 0.3) is 0 Å². The van der Waals surface area contributed by atoms with E-state index in [0.29, 0.717) is 0 Å². The molecule has 1 saturated heterocycles. The molecule has 0 aliphatic carbocycles. The molecule has 2 unspecified atom stereocenters. The van der Waals surface area contributed by atoms with E-state index in [2.05, 4.69) is 11.4 Å². The predicted molar refractivity (Wildman–Crippen MR) is 59.4 cm³/mol. The van der Waals surface area contributed by atoms with Crippen LogP contribution in [-0.2, 0) is 0 Å². The topological polar surface area (TPSA) is 38.0 Å². The van der Waals surface area contributed by atoms with Gasteiger partial charge in [-0.25, -0.2) is 0 Å². The predicted octanol–water partition coefficient (Wildman–Crippen LogP) is 2.09. The van der Waals surface area contributed by atoms with E-state index in [4.69, 9.17) is 17.3 Å². The summed E-state index contributed by atoms with van der Waals surface area (Å²) in [5.74, 6) is 0. The largest absolute Gasteiger partial charge is 0.326 e. The molecule has 1 aromatic rings. The van der Waals surface area contributed by atoms with Gasteiger partial charge in [-0.05, 0) is 37.1 Å². The Labute approximate surface area is 89.4 Å². The second-order valence-electron chi connectivity index (χ2n) is 3.79. The van der Waals surface area contributed by atoms with Gasteiger partial charge in [0.25, 0.3) is 0 Å². The fourth-order valence-corrected chi connectivity index (χ4v) is 2.18. The zero-order chi connectivity index (χ0) is 9.97. The molecule has 2 nitrogen and oxygen atoms in total. The third kappa shape index (κ3) is 2.08. The lowest BCUT2D eigenvalue weighted by Gasteiger charge is -2.30. The van der Waals surface area contributed by atoms with E-state index in [0.717, 1.165) is 24.4 Å². The number of hydrogen-bond donors (Lipinski definition) is 2. The average molecular weight is 211 g/mol. The summed E-state index contributed by atoms with van der Waals surface area (Å²) in [4.78, 5) is 0. The summed E-state index contributed by atoms with van der Waals surface area (Å²) in [6.07, 6.45) is 2.25. The normalized spacial score (nSPS) is 27.6. The number of rotatable bonds is 1. The van der Waals surface area contributed by atoms with Gasteiger partial charge in [0, 0.05) is 17.1 Å². The Morgan fingerprint density at radius 2 is 2.29 bits per heavy atom. The average Bonchev–Trinajstić information content (AvgIpc) is 2.18. The molecule has 76 valence electrons. The van der Waals surface area contributed by atoms with Gasteiger partial charge in [0.15, 0.2) is 0 Å². The first kappa shape index (κ1) is 9.97. The van der Waals surface area contributed by atoms with Crippen molar-refractivity contribution in [2.45, 2.75) is 24.9 Å². The van der Waals surface area contributed by atoms with E-state index in [1.807, 2.05) is 18.2 Å². The molecule has 2 atom stereocenters. The number of hydrogen-bond acceptors (Lipinski definition) is 2. The van der Waals surface area contributed by atoms with Gasteiger partial charge in [-0.15, -0.1) is 0 Å². The first-order valence-corrected chi connectivity index (χ1v) is 5.39. The summed E-state index contributed by atoms with van der Waals surface area (Å²) < 4.78 is 0. The minimum atomic E-state index is 0.210. The van der Waals surface area contributed by atoms with Gasteiger partial charge in [-0.2, -0.15) is 0 Å². The third-order valence-electron chi connectivity index (χ3n) is 2.71. The molecule has 2 rings (SSSR count). The zero-order valence-electron chi connectivity index (χ0n) is 8.04. The Hall–Kier alpha value is -0.570. The van der Waals surface area contributed by atoms with Crippen molar-refractivity contribution in [2.24, 2.45) is 5.73 Å². The minimum Gasteiger partial charge on any atom is -0.326 e. The summed E-state index contributed by atoms with van der Waals surface area (Å²) in [6.45, 7) is 1.05. The molecule has 3 N–H and O–H groups in total. The Bertz CT molecular complexity index is 314. The van der Waals surface area contributed by atoms with Crippen molar-refractivity contribution in [3.8, 4) is 0 Å². The van der Waals surface area contributed by atoms with E-state index >= 15 is 0 Å². The lowest BCUT2D eigenvalue weighted by Crippen LogP contribution is -2.42. The Balaban J connectivity index is 2.20. The maximum Gasteiger partial charge on any atom is 0.0474 e. The molecule has 1 aromatic carbocycles. The molecule has 0 saturated carbocycles. The highest BCUT2D eigenvalue weighted by atomic mass is 35.5. The van der Waals surface area contributed by atoms with Gasteiger partial charge in [0.1, 0.15) is 0 Å². The van der Waals surface area contributed by atoms with E-state index < -0.39 is 0 Å². The van der Waals surface area contributed by atoms with Crippen LogP contribution in [0.15, 0.2) is 24.3 Å². The van der Waals surface area contributed by atoms with Crippen LogP contribution < -0.4 is 11.1 Å². The molecule has 0 aromatic heterocycles. The van der Waals surface area contributed by atoms with Gasteiger partial charge in [0.2, 0.25) is 0 Å². The minimum absolute atomic E-state index is 0.210. The van der Waals surface area contributed by atoms with Crippen molar-refractivity contribution in [1.29, 1.82) is 0 Å². The molecular weight excluding hydrogens is 196 g/mol. The molecule has 1 aliphatic heterocycles. The molecule has 1 aliphatic rings. The lowest BCUT2D eigenvalue weighted by atomic mass is 9.93. The summed E-state index contributed by atoms with van der Waals surface area (Å²) >= 11 is 5.94. The van der Waals surface area contributed by atoms with Crippen molar-refractivity contribution in [3.05, 3.63) is 34.9 Å². The second-order valence-corrected chi connectivity index (χ2v) is 4.23. The molecule has 3 heteroatoms. The van der Waals surface area contributed by atoms with Gasteiger partial charge in [-0.3, -0.25) is 0 Å². The van der Waals surface area contributed by atoms with Crippen LogP contribution in [0.2, 0.25) is 5.02 Å². The Morgan fingerprint density at radius 1 is 1.43 bits per heavy atom. The van der Waals surface area contributed by atoms with Crippen LogP contribution in [0.4, 0.5) is 0 Å². The third-order valence-corrected chi connectivity index (χ3v) is 2.95. The van der Waals surface area contributed by atoms with Gasteiger partial charge in [0.05, 0.1) is 0 Å².